The van der Waals surface area contributed by atoms with Crippen LogP contribution in [-0.2, 0) is 6.54 Å². The van der Waals surface area contributed by atoms with Crippen molar-refractivity contribution in [2.75, 3.05) is 19.6 Å². The number of likely N-dealkylation sites (tertiary alicyclic amines) is 1. The van der Waals surface area contributed by atoms with Gasteiger partial charge in [-0.2, -0.15) is 0 Å². The van der Waals surface area contributed by atoms with Crippen molar-refractivity contribution in [1.82, 2.24) is 24.0 Å². The van der Waals surface area contributed by atoms with Crippen molar-refractivity contribution in [2.45, 2.75) is 38.8 Å². The van der Waals surface area contributed by atoms with Crippen molar-refractivity contribution in [3.05, 3.63) is 68.0 Å². The molecule has 1 aliphatic heterocycles. The number of piperidine rings is 1. The molecule has 1 fully saturated rings. The SMILES string of the molecule is Cc1ccc2[nH]c(=O)n(CCCN3CCC(n4c(=O)[nH]c5cc(Cl)ccc54)CC3)c2c1. The highest BCUT2D eigenvalue weighted by Crippen LogP contribution is 2.26. The molecule has 1 aliphatic rings. The molecular formula is C23H26ClN5O2. The molecule has 31 heavy (non-hydrogen) atoms. The molecule has 0 amide bonds. The first kappa shape index (κ1) is 20.2. The monoisotopic (exact) mass is 439 g/mol. The Kier molecular flexibility index (Phi) is 5.24. The molecule has 2 aromatic carbocycles. The van der Waals surface area contributed by atoms with E-state index in [9.17, 15) is 9.59 Å². The van der Waals surface area contributed by atoms with E-state index in [-0.39, 0.29) is 17.4 Å². The normalized spacial score (nSPS) is 15.9. The van der Waals surface area contributed by atoms with E-state index in [1.165, 1.54) is 0 Å². The lowest BCUT2D eigenvalue weighted by Gasteiger charge is -2.32. The van der Waals surface area contributed by atoms with Crippen LogP contribution in [0.25, 0.3) is 22.1 Å². The average Bonchev–Trinajstić information content (AvgIpc) is 3.23. The smallest absolute Gasteiger partial charge is 0.306 e. The summed E-state index contributed by atoms with van der Waals surface area (Å²) in [5.41, 5.74) is 4.62. The highest BCUT2D eigenvalue weighted by Gasteiger charge is 2.23. The molecule has 0 radical (unpaired) electrons. The van der Waals surface area contributed by atoms with Gasteiger partial charge in [-0.3, -0.25) is 9.13 Å². The second kappa shape index (κ2) is 8.05. The molecule has 0 atom stereocenters. The number of imidazole rings is 2. The topological polar surface area (TPSA) is 78.8 Å². The first-order valence-electron chi connectivity index (χ1n) is 10.8. The minimum Gasteiger partial charge on any atom is -0.306 e. The Labute approximate surface area is 184 Å². The first-order chi connectivity index (χ1) is 15.0. The Bertz CT molecular complexity index is 1350. The zero-order valence-corrected chi connectivity index (χ0v) is 18.3. The summed E-state index contributed by atoms with van der Waals surface area (Å²) in [5, 5.41) is 0.625. The van der Waals surface area contributed by atoms with Gasteiger partial charge >= 0.3 is 11.4 Å². The highest BCUT2D eigenvalue weighted by molar-refractivity contribution is 6.31. The number of nitrogens with zero attached hydrogens (tertiary/aromatic N) is 3. The molecule has 0 saturated carbocycles. The summed E-state index contributed by atoms with van der Waals surface area (Å²) >= 11 is 6.06. The molecule has 0 unspecified atom stereocenters. The molecule has 5 rings (SSSR count). The number of nitrogens with one attached hydrogen (secondary N) is 2. The molecule has 4 aromatic rings. The van der Waals surface area contributed by atoms with Crippen LogP contribution in [0, 0.1) is 6.92 Å². The molecule has 3 heterocycles. The summed E-state index contributed by atoms with van der Waals surface area (Å²) in [5.74, 6) is 0. The maximum absolute atomic E-state index is 12.5. The summed E-state index contributed by atoms with van der Waals surface area (Å²) < 4.78 is 3.72. The van der Waals surface area contributed by atoms with E-state index in [0.717, 1.165) is 66.5 Å². The number of hydrogen-bond donors (Lipinski definition) is 2. The van der Waals surface area contributed by atoms with Gasteiger partial charge in [0, 0.05) is 30.7 Å². The second-order valence-corrected chi connectivity index (χ2v) is 8.93. The van der Waals surface area contributed by atoms with Crippen molar-refractivity contribution in [3.63, 3.8) is 0 Å². The van der Waals surface area contributed by atoms with E-state index >= 15 is 0 Å². The van der Waals surface area contributed by atoms with Gasteiger partial charge in [-0.15, -0.1) is 0 Å². The number of hydrogen-bond acceptors (Lipinski definition) is 3. The van der Waals surface area contributed by atoms with Crippen LogP contribution in [0.5, 0.6) is 0 Å². The van der Waals surface area contributed by atoms with E-state index in [4.69, 9.17) is 11.6 Å². The Morgan fingerprint density at radius 3 is 2.52 bits per heavy atom. The fraction of sp³-hybridized carbons (Fsp3) is 0.391. The van der Waals surface area contributed by atoms with Crippen molar-refractivity contribution in [1.29, 1.82) is 0 Å². The van der Waals surface area contributed by atoms with Crippen LogP contribution >= 0.6 is 11.6 Å². The number of fused-ring (bicyclic) bond motifs is 2. The molecule has 2 N–H and O–H groups in total. The molecular weight excluding hydrogens is 414 g/mol. The Morgan fingerprint density at radius 1 is 0.935 bits per heavy atom. The summed E-state index contributed by atoms with van der Waals surface area (Å²) in [4.78, 5) is 33.1. The number of benzene rings is 2. The number of aromatic nitrogens is 4. The molecule has 7 nitrogen and oxygen atoms in total. The molecule has 162 valence electrons. The van der Waals surface area contributed by atoms with Crippen LogP contribution < -0.4 is 11.4 Å². The number of rotatable bonds is 5. The average molecular weight is 440 g/mol. The van der Waals surface area contributed by atoms with Crippen LogP contribution in [0.2, 0.25) is 5.02 Å². The Hall–Kier alpha value is -2.77. The Balaban J connectivity index is 1.21. The van der Waals surface area contributed by atoms with E-state index in [1.807, 2.05) is 40.3 Å². The van der Waals surface area contributed by atoms with Gasteiger partial charge in [0.05, 0.1) is 22.1 Å². The molecule has 0 bridgehead atoms. The van der Waals surface area contributed by atoms with Gasteiger partial charge in [0.15, 0.2) is 0 Å². The quantitative estimate of drug-likeness (QED) is 0.498. The lowest BCUT2D eigenvalue weighted by Crippen LogP contribution is -2.37. The fourth-order valence-corrected chi connectivity index (χ4v) is 4.98. The maximum Gasteiger partial charge on any atom is 0.326 e. The second-order valence-electron chi connectivity index (χ2n) is 8.49. The number of aryl methyl sites for hydroxylation is 2. The van der Waals surface area contributed by atoms with Gasteiger partial charge in [-0.05, 0) is 68.6 Å². The zero-order chi connectivity index (χ0) is 21.5. The fourth-order valence-electron chi connectivity index (χ4n) is 4.80. The molecule has 1 saturated heterocycles. The van der Waals surface area contributed by atoms with Crippen molar-refractivity contribution in [3.8, 4) is 0 Å². The van der Waals surface area contributed by atoms with Gasteiger partial charge in [0.2, 0.25) is 0 Å². The van der Waals surface area contributed by atoms with E-state index in [0.29, 0.717) is 11.6 Å². The van der Waals surface area contributed by atoms with Crippen molar-refractivity contribution < 1.29 is 0 Å². The maximum atomic E-state index is 12.5. The standard InChI is InChI=1S/C23H26ClN5O2/c1-15-3-5-18-21(13-15)28(22(30)25-18)10-2-9-27-11-7-17(8-12-27)29-20-6-4-16(24)14-19(20)26-23(29)31/h3-6,13-14,17H,2,7-12H2,1H3,(H,25,30)(H,26,31). The number of H-pyrrole nitrogens is 2. The number of halogens is 1. The van der Waals surface area contributed by atoms with Crippen molar-refractivity contribution in [2.24, 2.45) is 0 Å². The molecule has 2 aromatic heterocycles. The summed E-state index contributed by atoms with van der Waals surface area (Å²) in [6.07, 6.45) is 2.78. The zero-order valence-electron chi connectivity index (χ0n) is 17.5. The third-order valence-electron chi connectivity index (χ3n) is 6.39. The highest BCUT2D eigenvalue weighted by atomic mass is 35.5. The number of aromatic amines is 2. The van der Waals surface area contributed by atoms with Crippen LogP contribution in [0.3, 0.4) is 0 Å². The Morgan fingerprint density at radius 2 is 1.71 bits per heavy atom. The third kappa shape index (κ3) is 3.83. The van der Waals surface area contributed by atoms with E-state index in [1.54, 1.807) is 6.07 Å². The molecule has 0 aliphatic carbocycles. The van der Waals surface area contributed by atoms with Gasteiger partial charge in [-0.1, -0.05) is 17.7 Å². The third-order valence-corrected chi connectivity index (χ3v) is 6.62. The van der Waals surface area contributed by atoms with Crippen LogP contribution in [0.4, 0.5) is 0 Å². The minimum absolute atomic E-state index is 0.0434. The summed E-state index contributed by atoms with van der Waals surface area (Å²) in [6.45, 7) is 5.57. The van der Waals surface area contributed by atoms with Gasteiger partial charge in [-0.25, -0.2) is 9.59 Å². The lowest BCUT2D eigenvalue weighted by molar-refractivity contribution is 0.183. The van der Waals surface area contributed by atoms with E-state index < -0.39 is 0 Å². The molecule has 8 heteroatoms. The largest absolute Gasteiger partial charge is 0.326 e. The molecule has 0 spiro atoms. The first-order valence-corrected chi connectivity index (χ1v) is 11.2. The van der Waals surface area contributed by atoms with Crippen LogP contribution in [-0.4, -0.2) is 43.6 Å². The van der Waals surface area contributed by atoms with Gasteiger partial charge in [0.25, 0.3) is 0 Å². The predicted molar refractivity (Wildman–Crippen MR) is 124 cm³/mol. The predicted octanol–water partition coefficient (Wildman–Crippen LogP) is 3.66. The van der Waals surface area contributed by atoms with E-state index in [2.05, 4.69) is 20.9 Å². The van der Waals surface area contributed by atoms with Crippen LogP contribution in [0.1, 0.15) is 30.9 Å². The van der Waals surface area contributed by atoms with Gasteiger partial charge < -0.3 is 14.9 Å². The van der Waals surface area contributed by atoms with Crippen molar-refractivity contribution >= 4 is 33.7 Å². The van der Waals surface area contributed by atoms with Crippen LogP contribution in [0.15, 0.2) is 46.0 Å². The lowest BCUT2D eigenvalue weighted by atomic mass is 10.0. The van der Waals surface area contributed by atoms with Gasteiger partial charge in [0.1, 0.15) is 0 Å². The summed E-state index contributed by atoms with van der Waals surface area (Å²) in [7, 11) is 0. The minimum atomic E-state index is -0.0651. The summed E-state index contributed by atoms with van der Waals surface area (Å²) in [6, 6.07) is 11.8.